The molecule has 0 radical (unpaired) electrons. The average Bonchev–Trinajstić information content (AvgIpc) is 2.66. The lowest BCUT2D eigenvalue weighted by molar-refractivity contribution is 0.833. The fourth-order valence-corrected chi connectivity index (χ4v) is 1.35. The summed E-state index contributed by atoms with van der Waals surface area (Å²) >= 11 is 5.77. The van der Waals surface area contributed by atoms with Crippen molar-refractivity contribution in [3.63, 3.8) is 0 Å². The molecule has 5 heteroatoms. The Morgan fingerprint density at radius 2 is 2.13 bits per heavy atom. The van der Waals surface area contributed by atoms with Gasteiger partial charge >= 0.3 is 0 Å². The van der Waals surface area contributed by atoms with Crippen LogP contribution in [0.1, 0.15) is 25.3 Å². The first-order valence-electron chi connectivity index (χ1n) is 4.69. The van der Waals surface area contributed by atoms with E-state index in [-0.39, 0.29) is 0 Å². The molecule has 0 saturated heterocycles. The van der Waals surface area contributed by atoms with E-state index < -0.39 is 0 Å². The number of aromatic nitrogens is 4. The molecule has 2 rings (SSSR count). The number of halogens is 1. The van der Waals surface area contributed by atoms with Crippen molar-refractivity contribution in [1.82, 2.24) is 19.7 Å². The van der Waals surface area contributed by atoms with Crippen LogP contribution in [0.15, 0.2) is 24.8 Å². The van der Waals surface area contributed by atoms with Gasteiger partial charge in [-0.3, -0.25) is 0 Å². The molecule has 0 saturated carbocycles. The SMILES string of the molecule is CC(C)c1cnn(-c2cc(Cl)ncn2)c1. The number of hydrogen-bond acceptors (Lipinski definition) is 3. The molecule has 0 aromatic carbocycles. The Morgan fingerprint density at radius 3 is 2.73 bits per heavy atom. The van der Waals surface area contributed by atoms with Gasteiger partial charge in [0.2, 0.25) is 0 Å². The van der Waals surface area contributed by atoms with Crippen LogP contribution in [0.3, 0.4) is 0 Å². The molecule has 0 spiro atoms. The van der Waals surface area contributed by atoms with Gasteiger partial charge in [0.1, 0.15) is 11.5 Å². The van der Waals surface area contributed by atoms with Gasteiger partial charge in [-0.1, -0.05) is 25.4 Å². The highest BCUT2D eigenvalue weighted by Crippen LogP contribution is 2.15. The molecule has 0 amide bonds. The molecule has 4 nitrogen and oxygen atoms in total. The lowest BCUT2D eigenvalue weighted by Crippen LogP contribution is -1.98. The second-order valence-electron chi connectivity index (χ2n) is 3.57. The molecular formula is C10H11ClN4. The van der Waals surface area contributed by atoms with Gasteiger partial charge in [0.25, 0.3) is 0 Å². The van der Waals surface area contributed by atoms with Crippen molar-refractivity contribution in [1.29, 1.82) is 0 Å². The molecular weight excluding hydrogens is 212 g/mol. The van der Waals surface area contributed by atoms with E-state index in [1.807, 2.05) is 12.4 Å². The molecule has 0 fully saturated rings. The number of rotatable bonds is 2. The second-order valence-corrected chi connectivity index (χ2v) is 3.96. The summed E-state index contributed by atoms with van der Waals surface area (Å²) < 4.78 is 1.70. The van der Waals surface area contributed by atoms with Crippen LogP contribution in [0.25, 0.3) is 5.82 Å². The summed E-state index contributed by atoms with van der Waals surface area (Å²) in [7, 11) is 0. The van der Waals surface area contributed by atoms with Crippen molar-refractivity contribution in [2.45, 2.75) is 19.8 Å². The van der Waals surface area contributed by atoms with Crippen molar-refractivity contribution in [3.05, 3.63) is 35.5 Å². The van der Waals surface area contributed by atoms with E-state index in [1.54, 1.807) is 10.7 Å². The minimum atomic E-state index is 0.418. The van der Waals surface area contributed by atoms with E-state index in [0.717, 1.165) is 0 Å². The summed E-state index contributed by atoms with van der Waals surface area (Å²) in [6.45, 7) is 4.24. The third-order valence-corrected chi connectivity index (χ3v) is 2.33. The first kappa shape index (κ1) is 10.1. The molecule has 0 aliphatic rings. The van der Waals surface area contributed by atoms with Gasteiger partial charge in [0.05, 0.1) is 6.20 Å². The fourth-order valence-electron chi connectivity index (χ4n) is 1.21. The molecule has 0 unspecified atom stereocenters. The Balaban J connectivity index is 2.37. The van der Waals surface area contributed by atoms with Crippen LogP contribution in [0.5, 0.6) is 0 Å². The number of hydrogen-bond donors (Lipinski definition) is 0. The fraction of sp³-hybridized carbons (Fsp3) is 0.300. The first-order chi connectivity index (χ1) is 7.16. The van der Waals surface area contributed by atoms with Crippen LogP contribution in [0.4, 0.5) is 0 Å². The molecule has 2 aromatic heterocycles. The lowest BCUT2D eigenvalue weighted by atomic mass is 10.1. The van der Waals surface area contributed by atoms with E-state index in [1.165, 1.54) is 11.9 Å². The van der Waals surface area contributed by atoms with E-state index in [2.05, 4.69) is 28.9 Å². The highest BCUT2D eigenvalue weighted by atomic mass is 35.5. The molecule has 0 N–H and O–H groups in total. The van der Waals surface area contributed by atoms with Gasteiger partial charge in [-0.05, 0) is 11.5 Å². The summed E-state index contributed by atoms with van der Waals surface area (Å²) in [6, 6.07) is 1.68. The van der Waals surface area contributed by atoms with Crippen LogP contribution in [-0.4, -0.2) is 19.7 Å². The molecule has 2 heterocycles. The first-order valence-corrected chi connectivity index (χ1v) is 5.07. The van der Waals surface area contributed by atoms with Crippen LogP contribution >= 0.6 is 11.6 Å². The Morgan fingerprint density at radius 1 is 1.33 bits per heavy atom. The van der Waals surface area contributed by atoms with Gasteiger partial charge in [-0.15, -0.1) is 0 Å². The monoisotopic (exact) mass is 222 g/mol. The zero-order chi connectivity index (χ0) is 10.8. The zero-order valence-corrected chi connectivity index (χ0v) is 9.31. The zero-order valence-electron chi connectivity index (χ0n) is 8.55. The highest BCUT2D eigenvalue weighted by Gasteiger charge is 2.05. The quantitative estimate of drug-likeness (QED) is 0.733. The molecule has 78 valence electrons. The van der Waals surface area contributed by atoms with Gasteiger partial charge in [-0.2, -0.15) is 5.10 Å². The molecule has 0 aliphatic carbocycles. The van der Waals surface area contributed by atoms with Crippen molar-refractivity contribution < 1.29 is 0 Å². The maximum Gasteiger partial charge on any atom is 0.158 e. The Kier molecular flexibility index (Phi) is 2.68. The van der Waals surface area contributed by atoms with E-state index in [9.17, 15) is 0 Å². The Labute approximate surface area is 92.9 Å². The Bertz CT molecular complexity index is 464. The van der Waals surface area contributed by atoms with Crippen molar-refractivity contribution in [2.24, 2.45) is 0 Å². The minimum Gasteiger partial charge on any atom is -0.224 e. The molecule has 2 aromatic rings. The van der Waals surface area contributed by atoms with Crippen LogP contribution in [0.2, 0.25) is 5.15 Å². The van der Waals surface area contributed by atoms with Crippen LogP contribution in [-0.2, 0) is 0 Å². The minimum absolute atomic E-state index is 0.418. The molecule has 0 atom stereocenters. The second kappa shape index (κ2) is 3.98. The third kappa shape index (κ3) is 2.15. The summed E-state index contributed by atoms with van der Waals surface area (Å²) in [5.74, 6) is 1.14. The van der Waals surface area contributed by atoms with Crippen molar-refractivity contribution in [3.8, 4) is 5.82 Å². The summed E-state index contributed by atoms with van der Waals surface area (Å²) in [5, 5.41) is 4.63. The van der Waals surface area contributed by atoms with Gasteiger partial charge in [-0.25, -0.2) is 14.6 Å². The smallest absolute Gasteiger partial charge is 0.158 e. The van der Waals surface area contributed by atoms with E-state index in [0.29, 0.717) is 16.9 Å². The standard InChI is InChI=1S/C10H11ClN4/c1-7(2)8-4-14-15(5-8)10-3-9(11)12-6-13-10/h3-7H,1-2H3. The Hall–Kier alpha value is -1.42. The third-order valence-electron chi connectivity index (χ3n) is 2.12. The predicted octanol–water partition coefficient (Wildman–Crippen LogP) is 2.44. The topological polar surface area (TPSA) is 43.6 Å². The number of nitrogens with zero attached hydrogens (tertiary/aromatic N) is 4. The van der Waals surface area contributed by atoms with Gasteiger partial charge < -0.3 is 0 Å². The van der Waals surface area contributed by atoms with Crippen molar-refractivity contribution in [2.75, 3.05) is 0 Å². The largest absolute Gasteiger partial charge is 0.224 e. The molecule has 0 aliphatic heterocycles. The maximum absolute atomic E-state index is 5.77. The van der Waals surface area contributed by atoms with E-state index >= 15 is 0 Å². The van der Waals surface area contributed by atoms with Crippen molar-refractivity contribution >= 4 is 11.6 Å². The molecule has 15 heavy (non-hydrogen) atoms. The van der Waals surface area contributed by atoms with Crippen LogP contribution in [0, 0.1) is 0 Å². The normalized spacial score (nSPS) is 10.9. The van der Waals surface area contributed by atoms with Gasteiger partial charge in [0, 0.05) is 12.3 Å². The highest BCUT2D eigenvalue weighted by molar-refractivity contribution is 6.29. The average molecular weight is 223 g/mol. The van der Waals surface area contributed by atoms with Gasteiger partial charge in [0.15, 0.2) is 5.82 Å². The summed E-state index contributed by atoms with van der Waals surface area (Å²) in [5.41, 5.74) is 1.17. The maximum atomic E-state index is 5.77. The predicted molar refractivity (Wildman–Crippen MR) is 58.3 cm³/mol. The summed E-state index contributed by atoms with van der Waals surface area (Å²) in [4.78, 5) is 7.91. The molecule has 0 bridgehead atoms. The summed E-state index contributed by atoms with van der Waals surface area (Å²) in [6.07, 6.45) is 5.21. The van der Waals surface area contributed by atoms with E-state index in [4.69, 9.17) is 11.6 Å². The van der Waals surface area contributed by atoms with Crippen LogP contribution < -0.4 is 0 Å². The lowest BCUT2D eigenvalue weighted by Gasteiger charge is -2.00.